The summed E-state index contributed by atoms with van der Waals surface area (Å²) in [6.45, 7) is 7.51. The number of rotatable bonds is 7. The molecule has 0 aliphatic rings. The first-order chi connectivity index (χ1) is 8.09. The topological polar surface area (TPSA) is 29.5 Å². The SMILES string of the molecule is C=CCOP(O)(=S)Sc1ccccc1CC=C. The van der Waals surface area contributed by atoms with Gasteiger partial charge in [0.2, 0.25) is 5.69 Å². The molecule has 0 aromatic heterocycles. The van der Waals surface area contributed by atoms with Gasteiger partial charge in [0.15, 0.2) is 0 Å². The molecule has 2 nitrogen and oxygen atoms in total. The fourth-order valence-electron chi connectivity index (χ4n) is 1.21. The fourth-order valence-corrected chi connectivity index (χ4v) is 4.74. The lowest BCUT2D eigenvalue weighted by molar-refractivity contribution is 0.361. The van der Waals surface area contributed by atoms with E-state index in [-0.39, 0.29) is 6.61 Å². The molecule has 0 aliphatic carbocycles. The van der Waals surface area contributed by atoms with E-state index >= 15 is 0 Å². The Hall–Kier alpha value is -0.380. The van der Waals surface area contributed by atoms with Crippen molar-refractivity contribution in [3.05, 3.63) is 55.1 Å². The zero-order chi connectivity index (χ0) is 12.7. The van der Waals surface area contributed by atoms with Crippen molar-refractivity contribution in [3.63, 3.8) is 0 Å². The van der Waals surface area contributed by atoms with E-state index in [1.54, 1.807) is 6.08 Å². The lowest BCUT2D eigenvalue weighted by atomic mass is 10.1. The molecule has 0 saturated carbocycles. The summed E-state index contributed by atoms with van der Waals surface area (Å²) >= 11 is 6.28. The Morgan fingerprint density at radius 1 is 1.35 bits per heavy atom. The summed E-state index contributed by atoms with van der Waals surface area (Å²) in [4.78, 5) is 10.9. The minimum Gasteiger partial charge on any atom is -0.337 e. The van der Waals surface area contributed by atoms with Crippen LogP contribution < -0.4 is 0 Å². The fraction of sp³-hybridized carbons (Fsp3) is 0.167. The summed E-state index contributed by atoms with van der Waals surface area (Å²) in [5.74, 6) is 0. The van der Waals surface area contributed by atoms with Crippen molar-refractivity contribution < 1.29 is 9.42 Å². The summed E-state index contributed by atoms with van der Waals surface area (Å²) in [6.07, 6.45) is 4.15. The van der Waals surface area contributed by atoms with Gasteiger partial charge in [0.05, 0.1) is 6.61 Å². The highest BCUT2D eigenvalue weighted by Gasteiger charge is 2.17. The Morgan fingerprint density at radius 2 is 2.06 bits per heavy atom. The Kier molecular flexibility index (Phi) is 6.17. The molecule has 1 atom stereocenters. The Labute approximate surface area is 111 Å². The number of allylic oxidation sites excluding steroid dienone is 1. The van der Waals surface area contributed by atoms with Crippen LogP contribution in [-0.2, 0) is 22.8 Å². The Balaban J connectivity index is 2.82. The average molecular weight is 286 g/mol. The number of hydrogen-bond acceptors (Lipinski definition) is 3. The molecule has 1 aromatic rings. The normalized spacial score (nSPS) is 13.9. The van der Waals surface area contributed by atoms with Crippen LogP contribution in [0.15, 0.2) is 54.5 Å². The van der Waals surface area contributed by atoms with Crippen LogP contribution in [-0.4, -0.2) is 11.5 Å². The van der Waals surface area contributed by atoms with Crippen molar-refractivity contribution in [3.8, 4) is 0 Å². The second-order valence-electron chi connectivity index (χ2n) is 3.24. The van der Waals surface area contributed by atoms with Crippen molar-refractivity contribution in [2.45, 2.75) is 11.3 Å². The lowest BCUT2D eigenvalue weighted by Gasteiger charge is -2.15. The van der Waals surface area contributed by atoms with E-state index in [0.717, 1.165) is 16.9 Å². The highest BCUT2D eigenvalue weighted by Crippen LogP contribution is 2.60. The van der Waals surface area contributed by atoms with E-state index in [1.807, 2.05) is 30.3 Å². The van der Waals surface area contributed by atoms with Crippen molar-refractivity contribution in [2.75, 3.05) is 6.61 Å². The van der Waals surface area contributed by atoms with Crippen LogP contribution in [0.2, 0.25) is 0 Å². The van der Waals surface area contributed by atoms with Gasteiger partial charge in [-0.1, -0.05) is 30.4 Å². The van der Waals surface area contributed by atoms with Gasteiger partial charge in [0.1, 0.15) is 0 Å². The molecule has 1 N–H and O–H groups in total. The third-order valence-corrected chi connectivity index (χ3v) is 5.79. The van der Waals surface area contributed by atoms with Crippen molar-refractivity contribution >= 4 is 28.9 Å². The lowest BCUT2D eigenvalue weighted by Crippen LogP contribution is -1.89. The van der Waals surface area contributed by atoms with Crippen LogP contribution in [0.1, 0.15) is 5.56 Å². The summed E-state index contributed by atoms with van der Waals surface area (Å²) in [5.41, 5.74) is -1.74. The van der Waals surface area contributed by atoms with Crippen LogP contribution in [0.3, 0.4) is 0 Å². The van der Waals surface area contributed by atoms with Crippen molar-refractivity contribution in [1.29, 1.82) is 0 Å². The summed E-state index contributed by atoms with van der Waals surface area (Å²) < 4.78 is 5.22. The van der Waals surface area contributed by atoms with E-state index in [1.165, 1.54) is 11.4 Å². The van der Waals surface area contributed by atoms with E-state index in [0.29, 0.717) is 0 Å². The third-order valence-electron chi connectivity index (χ3n) is 1.91. The molecule has 1 aromatic carbocycles. The molecule has 1 rings (SSSR count). The predicted molar refractivity (Wildman–Crippen MR) is 78.9 cm³/mol. The highest BCUT2D eigenvalue weighted by molar-refractivity contribution is 8.67. The number of benzene rings is 1. The maximum atomic E-state index is 9.98. The molecule has 0 aliphatic heterocycles. The summed E-state index contributed by atoms with van der Waals surface area (Å²) in [5, 5.41) is 0. The van der Waals surface area contributed by atoms with Gasteiger partial charge < -0.3 is 9.42 Å². The van der Waals surface area contributed by atoms with Crippen LogP contribution >= 0.6 is 17.1 Å². The Bertz CT molecular complexity index is 446. The summed E-state index contributed by atoms with van der Waals surface area (Å²) in [7, 11) is 0. The molecule has 0 bridgehead atoms. The van der Waals surface area contributed by atoms with Gasteiger partial charge in [0, 0.05) is 4.90 Å². The largest absolute Gasteiger partial charge is 0.337 e. The molecule has 0 heterocycles. The summed E-state index contributed by atoms with van der Waals surface area (Å²) in [6, 6.07) is 7.79. The molecular weight excluding hydrogens is 271 g/mol. The van der Waals surface area contributed by atoms with Crippen molar-refractivity contribution in [1.82, 2.24) is 0 Å². The van der Waals surface area contributed by atoms with Gasteiger partial charge in [-0.25, -0.2) is 0 Å². The molecule has 1 unspecified atom stereocenters. The molecule has 0 fully saturated rings. The van der Waals surface area contributed by atoms with Crippen LogP contribution in [0, 0.1) is 0 Å². The van der Waals surface area contributed by atoms with E-state index in [9.17, 15) is 4.89 Å². The molecule has 0 radical (unpaired) electrons. The van der Waals surface area contributed by atoms with E-state index in [4.69, 9.17) is 16.3 Å². The van der Waals surface area contributed by atoms with Crippen LogP contribution in [0.25, 0.3) is 0 Å². The van der Waals surface area contributed by atoms with E-state index in [2.05, 4.69) is 13.2 Å². The van der Waals surface area contributed by atoms with Gasteiger partial charge in [0.25, 0.3) is 0 Å². The second kappa shape index (κ2) is 7.14. The quantitative estimate of drug-likeness (QED) is 0.607. The zero-order valence-electron chi connectivity index (χ0n) is 9.41. The molecule has 0 spiro atoms. The minimum atomic E-state index is -2.84. The maximum absolute atomic E-state index is 9.98. The minimum absolute atomic E-state index is 0.268. The van der Waals surface area contributed by atoms with Crippen molar-refractivity contribution in [2.24, 2.45) is 0 Å². The molecule has 17 heavy (non-hydrogen) atoms. The van der Waals surface area contributed by atoms with Gasteiger partial charge in [-0.05, 0) is 41.2 Å². The average Bonchev–Trinajstić information content (AvgIpc) is 2.29. The maximum Gasteiger partial charge on any atom is 0.249 e. The standard InChI is InChI=1S/C12H15O2PS2/c1-3-7-11-8-5-6-9-12(11)17-15(13,16)14-10-4-2/h3-6,8-9H,1-2,7,10H2,(H,13,16). The van der Waals surface area contributed by atoms with Crippen LogP contribution in [0.5, 0.6) is 0 Å². The monoisotopic (exact) mass is 286 g/mol. The third kappa shape index (κ3) is 5.19. The Morgan fingerprint density at radius 3 is 2.71 bits per heavy atom. The molecule has 0 saturated heterocycles. The number of hydrogen-bond donors (Lipinski definition) is 1. The molecule has 92 valence electrons. The highest BCUT2D eigenvalue weighted by atomic mass is 32.9. The first-order valence-corrected chi connectivity index (χ1v) is 9.15. The van der Waals surface area contributed by atoms with Gasteiger partial charge in [-0.2, -0.15) is 0 Å². The first-order valence-electron chi connectivity index (χ1n) is 5.05. The van der Waals surface area contributed by atoms with Gasteiger partial charge in [-0.15, -0.1) is 13.2 Å². The smallest absolute Gasteiger partial charge is 0.249 e. The van der Waals surface area contributed by atoms with Gasteiger partial charge in [-0.3, -0.25) is 0 Å². The molecular formula is C12H15O2PS2. The predicted octanol–water partition coefficient (Wildman–Crippen LogP) is 3.93. The first kappa shape index (κ1) is 14.7. The van der Waals surface area contributed by atoms with E-state index < -0.39 is 5.69 Å². The zero-order valence-corrected chi connectivity index (χ0v) is 11.9. The second-order valence-corrected chi connectivity index (χ2v) is 9.27. The molecule has 5 heteroatoms. The molecule has 0 amide bonds. The van der Waals surface area contributed by atoms with Crippen LogP contribution in [0.4, 0.5) is 0 Å². The van der Waals surface area contributed by atoms with Gasteiger partial charge >= 0.3 is 0 Å².